The normalized spacial score (nSPS) is 34.4. The van der Waals surface area contributed by atoms with Gasteiger partial charge in [0, 0.05) is 28.9 Å². The van der Waals surface area contributed by atoms with Crippen molar-refractivity contribution < 1.29 is 0 Å². The molecule has 4 unspecified atom stereocenters. The SMILES string of the molecule is Cc1cc(CNCC2C3CCC(C3)C2N)sc1C. The van der Waals surface area contributed by atoms with Crippen molar-refractivity contribution in [1.29, 1.82) is 0 Å². The zero-order valence-electron chi connectivity index (χ0n) is 11.4. The van der Waals surface area contributed by atoms with Gasteiger partial charge < -0.3 is 11.1 Å². The Morgan fingerprint density at radius 2 is 2.11 bits per heavy atom. The molecule has 0 aromatic carbocycles. The Morgan fingerprint density at radius 3 is 2.72 bits per heavy atom. The largest absolute Gasteiger partial charge is 0.327 e. The summed E-state index contributed by atoms with van der Waals surface area (Å²) in [7, 11) is 0. The predicted octanol–water partition coefficient (Wildman–Crippen LogP) is 2.83. The van der Waals surface area contributed by atoms with E-state index in [2.05, 4.69) is 25.2 Å². The van der Waals surface area contributed by atoms with Crippen molar-refractivity contribution in [3.8, 4) is 0 Å². The van der Waals surface area contributed by atoms with Gasteiger partial charge in [0.1, 0.15) is 0 Å². The summed E-state index contributed by atoms with van der Waals surface area (Å²) in [5.74, 6) is 2.46. The maximum absolute atomic E-state index is 6.33. The summed E-state index contributed by atoms with van der Waals surface area (Å²) in [4.78, 5) is 2.91. The lowest BCUT2D eigenvalue weighted by Gasteiger charge is -2.28. The Morgan fingerprint density at radius 1 is 1.33 bits per heavy atom. The second kappa shape index (κ2) is 4.95. The average Bonchev–Trinajstić information content (AvgIpc) is 2.99. The van der Waals surface area contributed by atoms with Crippen LogP contribution in [-0.4, -0.2) is 12.6 Å². The molecule has 1 aromatic heterocycles. The molecule has 2 aliphatic carbocycles. The number of thiophene rings is 1. The van der Waals surface area contributed by atoms with Crippen LogP contribution in [0.5, 0.6) is 0 Å². The predicted molar refractivity (Wildman–Crippen MR) is 77.8 cm³/mol. The Balaban J connectivity index is 1.50. The van der Waals surface area contributed by atoms with Crippen molar-refractivity contribution in [2.24, 2.45) is 23.5 Å². The van der Waals surface area contributed by atoms with Gasteiger partial charge in [0.05, 0.1) is 0 Å². The number of nitrogens with one attached hydrogen (secondary N) is 1. The quantitative estimate of drug-likeness (QED) is 0.877. The molecule has 3 heteroatoms. The van der Waals surface area contributed by atoms with Gasteiger partial charge in [-0.15, -0.1) is 11.3 Å². The smallest absolute Gasteiger partial charge is 0.0300 e. The van der Waals surface area contributed by atoms with Crippen molar-refractivity contribution in [3.63, 3.8) is 0 Å². The molecule has 4 atom stereocenters. The van der Waals surface area contributed by atoms with Crippen molar-refractivity contribution in [3.05, 3.63) is 21.4 Å². The Bertz CT molecular complexity index is 405. The van der Waals surface area contributed by atoms with Gasteiger partial charge in [-0.05, 0) is 62.5 Å². The third-order valence-electron chi connectivity index (χ3n) is 5.05. The highest BCUT2D eigenvalue weighted by molar-refractivity contribution is 7.12. The van der Waals surface area contributed by atoms with Crippen molar-refractivity contribution >= 4 is 11.3 Å². The van der Waals surface area contributed by atoms with Crippen molar-refractivity contribution in [2.45, 2.75) is 45.7 Å². The zero-order valence-corrected chi connectivity index (χ0v) is 12.2. The minimum atomic E-state index is 0.461. The van der Waals surface area contributed by atoms with Crippen molar-refractivity contribution in [2.75, 3.05) is 6.54 Å². The molecule has 1 heterocycles. The number of hydrogen-bond donors (Lipinski definition) is 2. The lowest BCUT2D eigenvalue weighted by atomic mass is 9.85. The van der Waals surface area contributed by atoms with E-state index < -0.39 is 0 Å². The maximum Gasteiger partial charge on any atom is 0.0300 e. The fourth-order valence-corrected chi connectivity index (χ4v) is 4.88. The Kier molecular flexibility index (Phi) is 3.48. The lowest BCUT2D eigenvalue weighted by molar-refractivity contribution is 0.278. The molecule has 0 aliphatic heterocycles. The highest BCUT2D eigenvalue weighted by Crippen LogP contribution is 2.47. The second-order valence-corrected chi connectivity index (χ2v) is 7.50. The zero-order chi connectivity index (χ0) is 12.7. The van der Waals surface area contributed by atoms with Gasteiger partial charge >= 0.3 is 0 Å². The second-order valence-electron chi connectivity index (χ2n) is 6.16. The van der Waals surface area contributed by atoms with Crippen LogP contribution in [0.2, 0.25) is 0 Å². The fraction of sp³-hybridized carbons (Fsp3) is 0.733. The monoisotopic (exact) mass is 264 g/mol. The third-order valence-corrected chi connectivity index (χ3v) is 6.21. The molecule has 1 aromatic rings. The number of hydrogen-bond acceptors (Lipinski definition) is 3. The molecule has 0 spiro atoms. The summed E-state index contributed by atoms with van der Waals surface area (Å²) in [5, 5.41) is 3.63. The molecular formula is C15H24N2S. The van der Waals surface area contributed by atoms with Crippen LogP contribution >= 0.6 is 11.3 Å². The first kappa shape index (κ1) is 12.6. The molecule has 0 amide bonds. The standard InChI is InChI=1S/C15H24N2S/c1-9-5-13(18-10(9)2)7-17-8-14-11-3-4-12(6-11)15(14)16/h5,11-12,14-15,17H,3-4,6-8,16H2,1-2H3. The van der Waals surface area contributed by atoms with E-state index in [1.165, 1.54) is 34.6 Å². The van der Waals surface area contributed by atoms with Crippen LogP contribution in [0.3, 0.4) is 0 Å². The first-order valence-electron chi connectivity index (χ1n) is 7.17. The number of fused-ring (bicyclic) bond motifs is 2. The van der Waals surface area contributed by atoms with E-state index in [0.717, 1.165) is 30.8 Å². The number of rotatable bonds is 4. The molecule has 100 valence electrons. The van der Waals surface area contributed by atoms with Crippen LogP contribution in [0.15, 0.2) is 6.07 Å². The first-order chi connectivity index (χ1) is 8.65. The summed E-state index contributed by atoms with van der Waals surface area (Å²) in [6.45, 7) is 6.52. The van der Waals surface area contributed by atoms with Gasteiger partial charge in [-0.1, -0.05) is 0 Å². The summed E-state index contributed by atoms with van der Waals surface area (Å²) in [5.41, 5.74) is 7.76. The minimum absolute atomic E-state index is 0.461. The third kappa shape index (κ3) is 2.24. The molecular weight excluding hydrogens is 240 g/mol. The molecule has 3 rings (SSSR count). The van der Waals surface area contributed by atoms with Crippen LogP contribution < -0.4 is 11.1 Å². The minimum Gasteiger partial charge on any atom is -0.327 e. The summed E-state index contributed by atoms with van der Waals surface area (Å²) >= 11 is 1.92. The molecule has 2 nitrogen and oxygen atoms in total. The summed E-state index contributed by atoms with van der Waals surface area (Å²) in [6.07, 6.45) is 4.19. The van der Waals surface area contributed by atoms with E-state index in [9.17, 15) is 0 Å². The van der Waals surface area contributed by atoms with Crippen molar-refractivity contribution in [1.82, 2.24) is 5.32 Å². The topological polar surface area (TPSA) is 38.0 Å². The molecule has 0 radical (unpaired) electrons. The molecule has 2 fully saturated rings. The van der Waals surface area contributed by atoms with E-state index in [1.54, 1.807) is 0 Å². The highest BCUT2D eigenvalue weighted by Gasteiger charge is 2.45. The fourth-order valence-electron chi connectivity index (χ4n) is 3.86. The molecule has 0 saturated heterocycles. The van der Waals surface area contributed by atoms with Gasteiger partial charge in [-0.25, -0.2) is 0 Å². The Labute approximate surface area is 114 Å². The van der Waals surface area contributed by atoms with Gasteiger partial charge in [0.15, 0.2) is 0 Å². The van der Waals surface area contributed by atoms with E-state index in [-0.39, 0.29) is 0 Å². The summed E-state index contributed by atoms with van der Waals surface area (Å²) in [6, 6.07) is 2.77. The van der Waals surface area contributed by atoms with Crippen LogP contribution in [0.4, 0.5) is 0 Å². The molecule has 2 aliphatic rings. The molecule has 2 bridgehead atoms. The van der Waals surface area contributed by atoms with Gasteiger partial charge in [0.25, 0.3) is 0 Å². The van der Waals surface area contributed by atoms with Gasteiger partial charge in [-0.2, -0.15) is 0 Å². The van der Waals surface area contributed by atoms with Crippen LogP contribution in [0.1, 0.15) is 34.6 Å². The summed E-state index contributed by atoms with van der Waals surface area (Å²) < 4.78 is 0. The molecule has 3 N–H and O–H groups in total. The van der Waals surface area contributed by atoms with E-state index in [1.807, 2.05) is 11.3 Å². The van der Waals surface area contributed by atoms with Crippen LogP contribution in [0.25, 0.3) is 0 Å². The average molecular weight is 264 g/mol. The van der Waals surface area contributed by atoms with E-state index in [4.69, 9.17) is 5.73 Å². The van der Waals surface area contributed by atoms with Crippen LogP contribution in [0, 0.1) is 31.6 Å². The van der Waals surface area contributed by atoms with E-state index >= 15 is 0 Å². The lowest BCUT2D eigenvalue weighted by Crippen LogP contribution is -2.41. The highest BCUT2D eigenvalue weighted by atomic mass is 32.1. The maximum atomic E-state index is 6.33. The number of aryl methyl sites for hydroxylation is 2. The number of nitrogens with two attached hydrogens (primary N) is 1. The Hall–Kier alpha value is -0.380. The van der Waals surface area contributed by atoms with Crippen LogP contribution in [-0.2, 0) is 6.54 Å². The van der Waals surface area contributed by atoms with Gasteiger partial charge in [0.2, 0.25) is 0 Å². The molecule has 2 saturated carbocycles. The first-order valence-corrected chi connectivity index (χ1v) is 7.99. The molecule has 18 heavy (non-hydrogen) atoms. The van der Waals surface area contributed by atoms with E-state index in [0.29, 0.717) is 6.04 Å². The van der Waals surface area contributed by atoms with Gasteiger partial charge in [-0.3, -0.25) is 0 Å².